The van der Waals surface area contributed by atoms with Gasteiger partial charge in [0.25, 0.3) is 0 Å². The van der Waals surface area contributed by atoms with Crippen molar-refractivity contribution in [3.63, 3.8) is 0 Å². The molecule has 0 atom stereocenters. The van der Waals surface area contributed by atoms with E-state index in [1.807, 2.05) is 12.3 Å². The molecule has 0 N–H and O–H groups in total. The molecule has 148 valence electrons. The molecule has 0 aromatic carbocycles. The molecule has 2 amide bonds. The summed E-state index contributed by atoms with van der Waals surface area (Å²) in [5, 5.41) is 9.78. The molecule has 10 heteroatoms. The van der Waals surface area contributed by atoms with Crippen molar-refractivity contribution in [3.8, 4) is 16.6 Å². The van der Waals surface area contributed by atoms with E-state index < -0.39 is 23.4 Å². The molecule has 0 aliphatic rings. The molecule has 28 heavy (non-hydrogen) atoms. The van der Waals surface area contributed by atoms with Gasteiger partial charge in [-0.3, -0.25) is 9.78 Å². The minimum absolute atomic E-state index is 0.0436. The largest absolute Gasteiger partial charge is 0.443 e. The monoisotopic (exact) mass is 422 g/mol. The number of nitriles is 1. The molecule has 0 saturated carbocycles. The Hall–Kier alpha value is -2.51. The van der Waals surface area contributed by atoms with Crippen molar-refractivity contribution in [2.75, 3.05) is 16.9 Å². The Kier molecular flexibility index (Phi) is 7.10. The number of hydrogen-bond acceptors (Lipinski definition) is 8. The van der Waals surface area contributed by atoms with Gasteiger partial charge in [0.15, 0.2) is 5.69 Å². The summed E-state index contributed by atoms with van der Waals surface area (Å²) in [6, 6.07) is 3.10. The van der Waals surface area contributed by atoms with Gasteiger partial charge in [-0.15, -0.1) is 0 Å². The SMILES string of the molecule is CSCCC(=O)N(C(=O)OC(C)(C)C)c1sc(-c2cncc(F)c2)nc1C#N. The van der Waals surface area contributed by atoms with Crippen LogP contribution in [0.25, 0.3) is 10.6 Å². The van der Waals surface area contributed by atoms with Crippen molar-refractivity contribution in [3.05, 3.63) is 30.0 Å². The van der Waals surface area contributed by atoms with E-state index in [-0.39, 0.29) is 22.1 Å². The second-order valence-corrected chi connectivity index (χ2v) is 8.59. The van der Waals surface area contributed by atoms with Crippen molar-refractivity contribution < 1.29 is 18.7 Å². The van der Waals surface area contributed by atoms with Gasteiger partial charge in [-0.05, 0) is 33.1 Å². The number of carbonyl (C=O) groups is 2. The second kappa shape index (κ2) is 9.12. The van der Waals surface area contributed by atoms with Crippen LogP contribution in [0.4, 0.5) is 14.2 Å². The zero-order valence-electron chi connectivity index (χ0n) is 15.9. The summed E-state index contributed by atoms with van der Waals surface area (Å²) in [6.07, 6.45) is 3.47. The molecule has 2 aromatic rings. The van der Waals surface area contributed by atoms with E-state index in [1.165, 1.54) is 24.0 Å². The molecule has 2 aromatic heterocycles. The Morgan fingerprint density at radius 2 is 2.11 bits per heavy atom. The molecule has 7 nitrogen and oxygen atoms in total. The lowest BCUT2D eigenvalue weighted by molar-refractivity contribution is -0.118. The predicted molar refractivity (Wildman–Crippen MR) is 107 cm³/mol. The number of amides is 2. The van der Waals surface area contributed by atoms with E-state index in [0.29, 0.717) is 11.3 Å². The van der Waals surface area contributed by atoms with Gasteiger partial charge in [0.1, 0.15) is 27.5 Å². The minimum Gasteiger partial charge on any atom is -0.443 e. The second-order valence-electron chi connectivity index (χ2n) is 6.63. The smallest absolute Gasteiger partial charge is 0.422 e. The molecular weight excluding hydrogens is 403 g/mol. The third-order valence-electron chi connectivity index (χ3n) is 3.22. The van der Waals surface area contributed by atoms with Gasteiger partial charge >= 0.3 is 6.09 Å². The Bertz CT molecular complexity index is 918. The lowest BCUT2D eigenvalue weighted by Gasteiger charge is -2.25. The van der Waals surface area contributed by atoms with Gasteiger partial charge in [-0.2, -0.15) is 17.0 Å². The van der Waals surface area contributed by atoms with Crippen LogP contribution in [0.5, 0.6) is 0 Å². The standard InChI is InChI=1S/C18H19FN4O3S2/c1-18(2,3)26-17(25)23(14(24)5-6-27-4)16-13(8-20)22-15(28-16)11-7-12(19)10-21-9-11/h7,9-10H,5-6H2,1-4H3. The highest BCUT2D eigenvalue weighted by Crippen LogP contribution is 2.35. The van der Waals surface area contributed by atoms with Crippen LogP contribution < -0.4 is 4.90 Å². The Labute approximate surface area is 170 Å². The molecular formula is C18H19FN4O3S2. The first-order valence-corrected chi connectivity index (χ1v) is 10.4. The van der Waals surface area contributed by atoms with Crippen LogP contribution in [0.2, 0.25) is 0 Å². The summed E-state index contributed by atoms with van der Waals surface area (Å²) in [6.45, 7) is 5.03. The molecule has 2 heterocycles. The van der Waals surface area contributed by atoms with Crippen molar-refractivity contribution in [1.29, 1.82) is 5.26 Å². The minimum atomic E-state index is -0.886. The van der Waals surface area contributed by atoms with E-state index in [9.17, 15) is 19.2 Å². The third kappa shape index (κ3) is 5.50. The van der Waals surface area contributed by atoms with Gasteiger partial charge < -0.3 is 4.74 Å². The number of thiazole rings is 1. The third-order valence-corrected chi connectivity index (χ3v) is 4.92. The topological polar surface area (TPSA) is 96.2 Å². The van der Waals surface area contributed by atoms with E-state index in [0.717, 1.165) is 22.4 Å². The van der Waals surface area contributed by atoms with Crippen molar-refractivity contribution >= 4 is 40.1 Å². The first-order valence-electron chi connectivity index (χ1n) is 8.23. The first-order chi connectivity index (χ1) is 13.2. The number of thioether (sulfide) groups is 1. The molecule has 0 saturated heterocycles. The predicted octanol–water partition coefficient (Wildman–Crippen LogP) is 4.24. The Morgan fingerprint density at radius 3 is 2.68 bits per heavy atom. The zero-order valence-corrected chi connectivity index (χ0v) is 17.5. The molecule has 2 rings (SSSR count). The molecule has 0 spiro atoms. The zero-order chi connectivity index (χ0) is 20.9. The highest BCUT2D eigenvalue weighted by Gasteiger charge is 2.32. The maximum Gasteiger partial charge on any atom is 0.422 e. The summed E-state index contributed by atoms with van der Waals surface area (Å²) in [4.78, 5) is 34.2. The number of ether oxygens (including phenoxy) is 1. The van der Waals surface area contributed by atoms with E-state index in [1.54, 1.807) is 20.8 Å². The number of carbonyl (C=O) groups excluding carboxylic acids is 2. The number of halogens is 1. The molecule has 0 bridgehead atoms. The van der Waals surface area contributed by atoms with E-state index in [4.69, 9.17) is 4.74 Å². The lowest BCUT2D eigenvalue weighted by Crippen LogP contribution is -2.41. The first kappa shape index (κ1) is 21.8. The fourth-order valence-electron chi connectivity index (χ4n) is 2.10. The van der Waals surface area contributed by atoms with Crippen molar-refractivity contribution in [2.24, 2.45) is 0 Å². The van der Waals surface area contributed by atoms with Crippen LogP contribution >= 0.6 is 23.1 Å². The molecule has 0 fully saturated rings. The van der Waals surface area contributed by atoms with E-state index >= 15 is 0 Å². The quantitative estimate of drug-likeness (QED) is 0.711. The fourth-order valence-corrected chi connectivity index (χ4v) is 3.48. The Balaban J connectivity index is 2.51. The van der Waals surface area contributed by atoms with Crippen LogP contribution in [0, 0.1) is 17.1 Å². The summed E-state index contributed by atoms with van der Waals surface area (Å²) in [5.74, 6) is -0.570. The van der Waals surface area contributed by atoms with Gasteiger partial charge in [-0.1, -0.05) is 11.3 Å². The van der Waals surface area contributed by atoms with Crippen LogP contribution in [-0.4, -0.2) is 39.6 Å². The average molecular weight is 423 g/mol. The Morgan fingerprint density at radius 1 is 1.39 bits per heavy atom. The van der Waals surface area contributed by atoms with Crippen LogP contribution in [0.15, 0.2) is 18.5 Å². The fraction of sp³-hybridized carbons (Fsp3) is 0.389. The highest BCUT2D eigenvalue weighted by atomic mass is 32.2. The van der Waals surface area contributed by atoms with Gasteiger partial charge in [0.05, 0.1) is 6.20 Å². The number of rotatable bonds is 5. The molecule has 0 aliphatic heterocycles. The van der Waals surface area contributed by atoms with Crippen molar-refractivity contribution in [2.45, 2.75) is 32.8 Å². The van der Waals surface area contributed by atoms with E-state index in [2.05, 4.69) is 9.97 Å². The number of nitrogens with zero attached hydrogens (tertiary/aromatic N) is 4. The number of aromatic nitrogens is 2. The van der Waals surface area contributed by atoms with Gasteiger partial charge in [-0.25, -0.2) is 19.1 Å². The van der Waals surface area contributed by atoms with Crippen LogP contribution in [-0.2, 0) is 9.53 Å². The number of anilines is 1. The molecule has 0 radical (unpaired) electrons. The maximum atomic E-state index is 13.5. The average Bonchev–Trinajstić information content (AvgIpc) is 3.02. The lowest BCUT2D eigenvalue weighted by atomic mass is 10.2. The summed E-state index contributed by atoms with van der Waals surface area (Å²) >= 11 is 2.38. The number of hydrogen-bond donors (Lipinski definition) is 0. The maximum absolute atomic E-state index is 13.5. The summed E-state index contributed by atoms with van der Waals surface area (Å²) in [7, 11) is 0. The number of pyridine rings is 1. The van der Waals surface area contributed by atoms with Gasteiger partial charge in [0.2, 0.25) is 5.91 Å². The molecule has 0 aliphatic carbocycles. The molecule has 0 unspecified atom stereocenters. The van der Waals surface area contributed by atoms with Crippen LogP contribution in [0.1, 0.15) is 32.9 Å². The highest BCUT2D eigenvalue weighted by molar-refractivity contribution is 7.98. The number of imide groups is 1. The normalized spacial score (nSPS) is 11.0. The van der Waals surface area contributed by atoms with Gasteiger partial charge in [0, 0.05) is 23.9 Å². The summed E-state index contributed by atoms with van der Waals surface area (Å²) < 4.78 is 18.8. The summed E-state index contributed by atoms with van der Waals surface area (Å²) in [5.41, 5.74) is -0.608. The van der Waals surface area contributed by atoms with Crippen molar-refractivity contribution in [1.82, 2.24) is 9.97 Å². The van der Waals surface area contributed by atoms with Crippen LogP contribution in [0.3, 0.4) is 0 Å².